The minimum atomic E-state index is -5.07. The van der Waals surface area contributed by atoms with E-state index in [9.17, 15) is 22.0 Å². The lowest BCUT2D eigenvalue weighted by atomic mass is 10.2. The van der Waals surface area contributed by atoms with Gasteiger partial charge in [0.15, 0.2) is 17.2 Å². The van der Waals surface area contributed by atoms with Crippen molar-refractivity contribution in [2.45, 2.75) is 19.2 Å². The van der Waals surface area contributed by atoms with Gasteiger partial charge < -0.3 is 9.47 Å². The summed E-state index contributed by atoms with van der Waals surface area (Å²) in [5.74, 6) is -1.76. The molecule has 0 spiro atoms. The highest BCUT2D eigenvalue weighted by Gasteiger charge is 2.34. The van der Waals surface area contributed by atoms with Gasteiger partial charge in [0.05, 0.1) is 25.3 Å². The Balaban J connectivity index is 3.36. The lowest BCUT2D eigenvalue weighted by Gasteiger charge is -2.15. The van der Waals surface area contributed by atoms with Crippen LogP contribution in [0.25, 0.3) is 0 Å². The monoisotopic (exact) mass is 282 g/mol. The van der Waals surface area contributed by atoms with Crippen LogP contribution in [0.15, 0.2) is 6.07 Å². The number of hydrogen-bond donors (Lipinski definition) is 0. The average Bonchev–Trinajstić information content (AvgIpc) is 2.26. The maximum Gasteiger partial charge on any atom is 0.573 e. The Kier molecular flexibility index (Phi) is 4.47. The van der Waals surface area contributed by atoms with Gasteiger partial charge in [-0.25, -0.2) is 13.8 Å². The fraction of sp³-hybridized carbons (Fsp3) is 0.400. The van der Waals surface area contributed by atoms with Gasteiger partial charge in [0.1, 0.15) is 0 Å². The van der Waals surface area contributed by atoms with E-state index in [4.69, 9.17) is 5.26 Å². The van der Waals surface area contributed by atoms with Crippen molar-refractivity contribution >= 4 is 0 Å². The number of nitrogens with zero attached hydrogens (tertiary/aromatic N) is 2. The molecule has 1 rings (SSSR count). The zero-order valence-corrected chi connectivity index (χ0v) is 9.46. The van der Waals surface area contributed by atoms with Crippen LogP contribution in [-0.4, -0.2) is 18.5 Å². The van der Waals surface area contributed by atoms with Gasteiger partial charge in [-0.1, -0.05) is 0 Å². The van der Waals surface area contributed by atoms with Gasteiger partial charge in [0.25, 0.3) is 6.43 Å². The Morgan fingerprint density at radius 3 is 2.47 bits per heavy atom. The molecular formula is C10H7F5N2O2. The molecule has 0 bridgehead atoms. The second-order valence-corrected chi connectivity index (χ2v) is 3.21. The zero-order chi connectivity index (χ0) is 14.6. The molecule has 4 nitrogen and oxygen atoms in total. The van der Waals surface area contributed by atoms with E-state index in [0.29, 0.717) is 0 Å². The average molecular weight is 282 g/mol. The first-order valence-corrected chi connectivity index (χ1v) is 4.77. The fourth-order valence-corrected chi connectivity index (χ4v) is 1.31. The Morgan fingerprint density at radius 2 is 2.05 bits per heavy atom. The summed E-state index contributed by atoms with van der Waals surface area (Å²) in [5.41, 5.74) is -1.27. The van der Waals surface area contributed by atoms with Gasteiger partial charge in [-0.05, 0) is 0 Å². The van der Waals surface area contributed by atoms with E-state index in [-0.39, 0.29) is 5.69 Å². The number of pyridine rings is 1. The summed E-state index contributed by atoms with van der Waals surface area (Å²) in [6.07, 6.45) is -8.67. The molecule has 0 saturated carbocycles. The highest BCUT2D eigenvalue weighted by molar-refractivity contribution is 5.45. The molecule has 104 valence electrons. The van der Waals surface area contributed by atoms with Gasteiger partial charge in [0.2, 0.25) is 0 Å². The summed E-state index contributed by atoms with van der Waals surface area (Å²) >= 11 is 0. The largest absolute Gasteiger partial charge is 0.573 e. The minimum absolute atomic E-state index is 0.266. The van der Waals surface area contributed by atoms with Gasteiger partial charge in [-0.2, -0.15) is 5.26 Å². The van der Waals surface area contributed by atoms with Crippen LogP contribution in [0.1, 0.15) is 17.8 Å². The maximum atomic E-state index is 12.7. The fourth-order valence-electron chi connectivity index (χ4n) is 1.31. The molecule has 0 aliphatic heterocycles. The lowest BCUT2D eigenvalue weighted by Crippen LogP contribution is -2.18. The number of aromatic nitrogens is 1. The van der Waals surface area contributed by atoms with Gasteiger partial charge >= 0.3 is 6.36 Å². The first kappa shape index (κ1) is 14.9. The number of methoxy groups -OCH3 is 1. The van der Waals surface area contributed by atoms with Crippen molar-refractivity contribution in [3.8, 4) is 17.6 Å². The summed E-state index contributed by atoms with van der Waals surface area (Å²) in [4.78, 5) is 3.38. The van der Waals surface area contributed by atoms with Crippen molar-refractivity contribution in [3.05, 3.63) is 17.5 Å². The topological polar surface area (TPSA) is 55.1 Å². The van der Waals surface area contributed by atoms with E-state index in [1.165, 1.54) is 0 Å². The first-order valence-electron chi connectivity index (χ1n) is 4.77. The van der Waals surface area contributed by atoms with E-state index in [2.05, 4.69) is 14.5 Å². The predicted molar refractivity (Wildman–Crippen MR) is 51.7 cm³/mol. The number of alkyl halides is 5. The Hall–Kier alpha value is -2.11. The number of halogens is 5. The minimum Gasteiger partial charge on any atom is -0.491 e. The van der Waals surface area contributed by atoms with Crippen LogP contribution in [0, 0.1) is 11.3 Å². The second-order valence-electron chi connectivity index (χ2n) is 3.21. The molecule has 0 N–H and O–H groups in total. The van der Waals surface area contributed by atoms with Crippen LogP contribution < -0.4 is 9.47 Å². The SMILES string of the molecule is COc1c(OC(F)(F)F)cc(CC#N)nc1C(F)F. The van der Waals surface area contributed by atoms with Crippen LogP contribution in [0.5, 0.6) is 11.5 Å². The highest BCUT2D eigenvalue weighted by atomic mass is 19.4. The molecule has 0 radical (unpaired) electrons. The molecular weight excluding hydrogens is 275 g/mol. The molecule has 9 heteroatoms. The van der Waals surface area contributed by atoms with Gasteiger partial charge in [-0.3, -0.25) is 0 Å². The first-order chi connectivity index (χ1) is 8.78. The quantitative estimate of drug-likeness (QED) is 0.797. The van der Waals surface area contributed by atoms with Gasteiger partial charge in [-0.15, -0.1) is 13.2 Å². The normalized spacial score (nSPS) is 11.3. The van der Waals surface area contributed by atoms with Crippen LogP contribution in [0.2, 0.25) is 0 Å². The summed E-state index contributed by atoms with van der Waals surface area (Å²) in [5, 5.41) is 8.43. The van der Waals surface area contributed by atoms with Crippen molar-refractivity contribution in [1.29, 1.82) is 5.26 Å². The standard InChI is InChI=1S/C10H7F5N2O2/c1-18-8-6(19-10(13,14)15)4-5(2-3-16)17-7(8)9(11)12/h4,9H,2H2,1H3. The molecule has 19 heavy (non-hydrogen) atoms. The number of nitriles is 1. The van der Waals surface area contributed by atoms with E-state index < -0.39 is 36.4 Å². The third-order valence-electron chi connectivity index (χ3n) is 1.91. The molecule has 0 fully saturated rings. The number of ether oxygens (including phenoxy) is 2. The van der Waals surface area contributed by atoms with E-state index in [0.717, 1.165) is 13.2 Å². The molecule has 0 unspecified atom stereocenters. The summed E-state index contributed by atoms with van der Waals surface area (Å²) in [6, 6.07) is 2.33. The van der Waals surface area contributed by atoms with E-state index in [1.807, 2.05) is 0 Å². The Morgan fingerprint density at radius 1 is 1.42 bits per heavy atom. The number of hydrogen-bond acceptors (Lipinski definition) is 4. The molecule has 0 amide bonds. The maximum absolute atomic E-state index is 12.7. The van der Waals surface area contributed by atoms with E-state index >= 15 is 0 Å². The summed E-state index contributed by atoms with van der Waals surface area (Å²) < 4.78 is 69.9. The van der Waals surface area contributed by atoms with Crippen LogP contribution >= 0.6 is 0 Å². The second kappa shape index (κ2) is 5.69. The molecule has 0 aromatic carbocycles. The highest BCUT2D eigenvalue weighted by Crippen LogP contribution is 2.38. The Labute approximate surface area is 104 Å². The van der Waals surface area contributed by atoms with Crippen molar-refractivity contribution in [2.24, 2.45) is 0 Å². The predicted octanol–water partition coefficient (Wildman–Crippen LogP) is 2.99. The lowest BCUT2D eigenvalue weighted by molar-refractivity contribution is -0.275. The van der Waals surface area contributed by atoms with Crippen LogP contribution in [-0.2, 0) is 6.42 Å². The van der Waals surface area contributed by atoms with Crippen LogP contribution in [0.3, 0.4) is 0 Å². The van der Waals surface area contributed by atoms with Crippen molar-refractivity contribution < 1.29 is 31.4 Å². The van der Waals surface area contributed by atoms with Crippen LogP contribution in [0.4, 0.5) is 22.0 Å². The van der Waals surface area contributed by atoms with E-state index in [1.54, 1.807) is 6.07 Å². The molecule has 0 saturated heterocycles. The van der Waals surface area contributed by atoms with Crippen molar-refractivity contribution in [3.63, 3.8) is 0 Å². The smallest absolute Gasteiger partial charge is 0.491 e. The molecule has 1 heterocycles. The summed E-state index contributed by atoms with van der Waals surface area (Å²) in [6.45, 7) is 0. The molecule has 1 aromatic heterocycles. The molecule has 1 aromatic rings. The number of rotatable bonds is 4. The van der Waals surface area contributed by atoms with Crippen molar-refractivity contribution in [1.82, 2.24) is 4.98 Å². The summed E-state index contributed by atoms with van der Waals surface area (Å²) in [7, 11) is 0.913. The molecule has 0 atom stereocenters. The third-order valence-corrected chi connectivity index (χ3v) is 1.91. The Bertz CT molecular complexity index is 496. The molecule has 0 aliphatic rings. The molecule has 0 aliphatic carbocycles. The zero-order valence-electron chi connectivity index (χ0n) is 9.46. The van der Waals surface area contributed by atoms with Crippen molar-refractivity contribution in [2.75, 3.05) is 7.11 Å². The van der Waals surface area contributed by atoms with Gasteiger partial charge in [0, 0.05) is 6.07 Å². The third kappa shape index (κ3) is 3.94.